The number of hydrogen-bond acceptors (Lipinski definition) is 2. The van der Waals surface area contributed by atoms with Gasteiger partial charge in [-0.25, -0.2) is 8.78 Å². The number of halogens is 3. The van der Waals surface area contributed by atoms with Gasteiger partial charge in [0.1, 0.15) is 0 Å². The zero-order valence-corrected chi connectivity index (χ0v) is 11.4. The first kappa shape index (κ1) is 14.8. The van der Waals surface area contributed by atoms with E-state index in [0.717, 1.165) is 6.42 Å². The minimum absolute atomic E-state index is 0.0194. The lowest BCUT2D eigenvalue weighted by Gasteiger charge is -2.33. The fourth-order valence-electron chi connectivity index (χ4n) is 2.22. The Morgan fingerprint density at radius 3 is 2.11 bits per heavy atom. The van der Waals surface area contributed by atoms with Crippen LogP contribution in [0.1, 0.15) is 41.0 Å². The molecule has 0 aromatic carbocycles. The molecule has 0 aliphatic heterocycles. The molecule has 1 rings (SSSR count). The minimum Gasteiger partial charge on any atom is -0.363 e. The van der Waals surface area contributed by atoms with Crippen LogP contribution >= 0.6 is 0 Å². The lowest BCUT2D eigenvalue weighted by Crippen LogP contribution is -2.36. The van der Waals surface area contributed by atoms with Crippen molar-refractivity contribution in [2.75, 3.05) is 5.32 Å². The molecule has 0 unspecified atom stereocenters. The van der Waals surface area contributed by atoms with E-state index in [2.05, 4.69) is 10.3 Å². The maximum atomic E-state index is 13.5. The van der Waals surface area contributed by atoms with E-state index in [-0.39, 0.29) is 11.2 Å². The van der Waals surface area contributed by atoms with Crippen LogP contribution in [-0.2, 0) is 0 Å². The summed E-state index contributed by atoms with van der Waals surface area (Å²) in [6.45, 7) is 9.86. The van der Waals surface area contributed by atoms with E-state index in [0.29, 0.717) is 6.07 Å². The van der Waals surface area contributed by atoms with Gasteiger partial charge in [-0.2, -0.15) is 9.37 Å². The van der Waals surface area contributed by atoms with Gasteiger partial charge in [-0.15, -0.1) is 0 Å². The Labute approximate surface area is 106 Å². The van der Waals surface area contributed by atoms with Crippen molar-refractivity contribution in [1.82, 2.24) is 4.98 Å². The number of nitrogens with one attached hydrogen (secondary N) is 1. The highest BCUT2D eigenvalue weighted by Gasteiger charge is 2.27. The third-order valence-electron chi connectivity index (χ3n) is 2.32. The molecule has 1 N–H and O–H groups in total. The first-order valence-electron chi connectivity index (χ1n) is 5.80. The molecule has 2 nitrogen and oxygen atoms in total. The molecular formula is C13H19F3N2. The third-order valence-corrected chi connectivity index (χ3v) is 2.32. The van der Waals surface area contributed by atoms with E-state index in [1.54, 1.807) is 0 Å². The van der Waals surface area contributed by atoms with E-state index >= 15 is 0 Å². The second-order valence-electron chi connectivity index (χ2n) is 6.34. The summed E-state index contributed by atoms with van der Waals surface area (Å²) in [6.07, 6.45) is 0.722. The molecule has 0 aliphatic carbocycles. The van der Waals surface area contributed by atoms with Crippen molar-refractivity contribution in [2.45, 2.75) is 46.6 Å². The van der Waals surface area contributed by atoms with Gasteiger partial charge in [-0.1, -0.05) is 20.8 Å². The highest BCUT2D eigenvalue weighted by Crippen LogP contribution is 2.30. The summed E-state index contributed by atoms with van der Waals surface area (Å²) < 4.78 is 39.2. The summed E-state index contributed by atoms with van der Waals surface area (Å²) in [5.41, 5.74) is -0.456. The SMILES string of the molecule is CC(C)(C)CC(C)(C)Nc1nc(F)c(F)cc1F. The second kappa shape index (κ2) is 4.78. The zero-order valence-electron chi connectivity index (χ0n) is 11.4. The lowest BCUT2D eigenvalue weighted by molar-refractivity contribution is 0.301. The maximum Gasteiger partial charge on any atom is 0.251 e. The largest absolute Gasteiger partial charge is 0.363 e. The van der Waals surface area contributed by atoms with Crippen molar-refractivity contribution in [3.05, 3.63) is 23.6 Å². The molecular weight excluding hydrogens is 241 g/mol. The average molecular weight is 260 g/mol. The molecule has 0 fully saturated rings. The smallest absolute Gasteiger partial charge is 0.251 e. The van der Waals surface area contributed by atoms with Crippen LogP contribution in [0.25, 0.3) is 0 Å². The van der Waals surface area contributed by atoms with Crippen LogP contribution in [0.15, 0.2) is 6.07 Å². The van der Waals surface area contributed by atoms with Crippen molar-refractivity contribution in [3.63, 3.8) is 0 Å². The summed E-state index contributed by atoms with van der Waals surface area (Å²) in [5.74, 6) is -3.74. The van der Waals surface area contributed by atoms with Crippen LogP contribution in [0.5, 0.6) is 0 Å². The summed E-state index contributed by atoms with van der Waals surface area (Å²) in [7, 11) is 0. The Morgan fingerprint density at radius 1 is 1.06 bits per heavy atom. The molecule has 5 heteroatoms. The molecule has 102 valence electrons. The fraction of sp³-hybridized carbons (Fsp3) is 0.615. The van der Waals surface area contributed by atoms with Gasteiger partial charge in [0.25, 0.3) is 5.95 Å². The van der Waals surface area contributed by atoms with Gasteiger partial charge in [0.2, 0.25) is 0 Å². The number of rotatable bonds is 3. The molecule has 0 saturated carbocycles. The first-order chi connectivity index (χ1) is 8.00. The standard InChI is InChI=1S/C13H19F3N2/c1-12(2,3)7-13(4,5)18-11-9(15)6-8(14)10(16)17-11/h6H,7H2,1-5H3,(H,17,18). The molecule has 1 heterocycles. The predicted octanol–water partition coefficient (Wildman–Crippen LogP) is 4.13. The second-order valence-corrected chi connectivity index (χ2v) is 6.34. The van der Waals surface area contributed by atoms with Crippen molar-refractivity contribution in [1.29, 1.82) is 0 Å². The monoisotopic (exact) mass is 260 g/mol. The van der Waals surface area contributed by atoms with Crippen LogP contribution in [0.4, 0.5) is 19.0 Å². The topological polar surface area (TPSA) is 24.9 Å². The highest BCUT2D eigenvalue weighted by molar-refractivity contribution is 5.39. The van der Waals surface area contributed by atoms with Crippen molar-refractivity contribution in [3.8, 4) is 0 Å². The fourth-order valence-corrected chi connectivity index (χ4v) is 2.22. The van der Waals surface area contributed by atoms with E-state index in [9.17, 15) is 13.2 Å². The summed E-state index contributed by atoms with van der Waals surface area (Å²) in [6, 6.07) is 0.498. The van der Waals surface area contributed by atoms with Crippen molar-refractivity contribution >= 4 is 5.82 Å². The molecule has 0 radical (unpaired) electrons. The first-order valence-corrected chi connectivity index (χ1v) is 5.80. The number of anilines is 1. The van der Waals surface area contributed by atoms with Crippen LogP contribution < -0.4 is 5.32 Å². The van der Waals surface area contributed by atoms with Crippen LogP contribution in [-0.4, -0.2) is 10.5 Å². The molecule has 1 aromatic heterocycles. The van der Waals surface area contributed by atoms with E-state index in [1.165, 1.54) is 0 Å². The van der Waals surface area contributed by atoms with E-state index in [4.69, 9.17) is 0 Å². The third kappa shape index (κ3) is 4.20. The molecule has 0 bridgehead atoms. The summed E-state index contributed by atoms with van der Waals surface area (Å²) in [4.78, 5) is 3.26. The van der Waals surface area contributed by atoms with Gasteiger partial charge < -0.3 is 5.32 Å². The zero-order chi connectivity index (χ0) is 14.1. The molecule has 0 amide bonds. The van der Waals surface area contributed by atoms with Gasteiger partial charge in [0.05, 0.1) is 0 Å². The van der Waals surface area contributed by atoms with E-state index < -0.39 is 23.1 Å². The number of pyridine rings is 1. The normalized spacial score (nSPS) is 12.7. The van der Waals surface area contributed by atoms with Crippen LogP contribution in [0, 0.1) is 23.0 Å². The minimum atomic E-state index is -1.30. The van der Waals surface area contributed by atoms with Crippen molar-refractivity contribution < 1.29 is 13.2 Å². The number of aromatic nitrogens is 1. The Kier molecular flexibility index (Phi) is 3.93. The van der Waals surface area contributed by atoms with Gasteiger partial charge in [-0.3, -0.25) is 0 Å². The number of hydrogen-bond donors (Lipinski definition) is 1. The van der Waals surface area contributed by atoms with Crippen LogP contribution in [0.2, 0.25) is 0 Å². The van der Waals surface area contributed by atoms with Crippen molar-refractivity contribution in [2.24, 2.45) is 5.41 Å². The average Bonchev–Trinajstić information content (AvgIpc) is 2.09. The Hall–Kier alpha value is -1.26. The molecule has 0 spiro atoms. The van der Waals surface area contributed by atoms with Gasteiger partial charge in [0.15, 0.2) is 17.5 Å². The molecule has 0 atom stereocenters. The van der Waals surface area contributed by atoms with Gasteiger partial charge in [-0.05, 0) is 25.7 Å². The molecule has 0 saturated heterocycles. The highest BCUT2D eigenvalue weighted by atomic mass is 19.2. The predicted molar refractivity (Wildman–Crippen MR) is 65.9 cm³/mol. The molecule has 1 aromatic rings. The summed E-state index contributed by atoms with van der Waals surface area (Å²) >= 11 is 0. The van der Waals surface area contributed by atoms with Gasteiger partial charge >= 0.3 is 0 Å². The summed E-state index contributed by atoms with van der Waals surface area (Å²) in [5, 5.41) is 2.82. The molecule has 18 heavy (non-hydrogen) atoms. The maximum absolute atomic E-state index is 13.5. The van der Waals surface area contributed by atoms with Gasteiger partial charge in [0, 0.05) is 11.6 Å². The van der Waals surface area contributed by atoms with Crippen LogP contribution in [0.3, 0.4) is 0 Å². The Bertz CT molecular complexity index is 437. The number of nitrogens with zero attached hydrogens (tertiary/aromatic N) is 1. The van der Waals surface area contributed by atoms with E-state index in [1.807, 2.05) is 34.6 Å². The molecule has 0 aliphatic rings. The lowest BCUT2D eigenvalue weighted by atomic mass is 9.82. The Morgan fingerprint density at radius 2 is 1.61 bits per heavy atom. The Balaban J connectivity index is 2.94. The quantitative estimate of drug-likeness (QED) is 0.827.